The predicted octanol–water partition coefficient (Wildman–Crippen LogP) is 3.13. The molecule has 0 bridgehead atoms. The summed E-state index contributed by atoms with van der Waals surface area (Å²) in [4.78, 5) is 8.80. The van der Waals surface area contributed by atoms with Crippen molar-refractivity contribution in [3.05, 3.63) is 66.2 Å². The van der Waals surface area contributed by atoms with Gasteiger partial charge in [0.05, 0.1) is 13.1 Å². The molecule has 7 nitrogen and oxygen atoms in total. The molecule has 0 saturated heterocycles. The smallest absolute Gasteiger partial charge is 0.191 e. The van der Waals surface area contributed by atoms with Gasteiger partial charge in [0, 0.05) is 12.1 Å². The summed E-state index contributed by atoms with van der Waals surface area (Å²) in [5, 5.41) is 13.2. The molecule has 3 aromatic rings. The van der Waals surface area contributed by atoms with Crippen molar-refractivity contribution in [2.75, 3.05) is 13.1 Å². The Morgan fingerprint density at radius 2 is 2.07 bits per heavy atom. The van der Waals surface area contributed by atoms with E-state index < -0.39 is 0 Å². The van der Waals surface area contributed by atoms with Gasteiger partial charge in [0.2, 0.25) is 0 Å². The monoisotopic (exact) mass is 396 g/mol. The number of nitrogens with one attached hydrogen (secondary N) is 3. The molecule has 1 unspecified atom stereocenters. The third kappa shape index (κ3) is 6.03. The number of hydrogen-bond acceptors (Lipinski definition) is 4. The second-order valence-corrected chi connectivity index (χ2v) is 6.47. The first kappa shape index (κ1) is 20.3. The van der Waals surface area contributed by atoms with E-state index in [-0.39, 0.29) is 17.7 Å². The molecule has 1 aromatic heterocycles. The normalized spacial score (nSPS) is 12.4. The Kier molecular flexibility index (Phi) is 7.16. The van der Waals surface area contributed by atoms with E-state index >= 15 is 0 Å². The van der Waals surface area contributed by atoms with Crippen LogP contribution in [0.3, 0.4) is 0 Å². The molecule has 1 atom stereocenters. The largest absolute Gasteiger partial charge is 0.486 e. The van der Waals surface area contributed by atoms with Gasteiger partial charge in [-0.3, -0.25) is 5.10 Å². The van der Waals surface area contributed by atoms with Gasteiger partial charge in [-0.1, -0.05) is 30.3 Å². The molecule has 1 heterocycles. The number of hydrogen-bond donors (Lipinski definition) is 3. The first-order valence-electron chi connectivity index (χ1n) is 9.53. The van der Waals surface area contributed by atoms with Crippen molar-refractivity contribution in [1.29, 1.82) is 0 Å². The van der Waals surface area contributed by atoms with Crippen LogP contribution in [0.5, 0.6) is 5.75 Å². The van der Waals surface area contributed by atoms with E-state index in [0.29, 0.717) is 19.0 Å². The zero-order valence-electron chi connectivity index (χ0n) is 16.5. The van der Waals surface area contributed by atoms with Crippen LogP contribution in [0.1, 0.15) is 19.4 Å². The molecule has 0 aliphatic carbocycles. The fourth-order valence-electron chi connectivity index (χ4n) is 2.71. The molecule has 29 heavy (non-hydrogen) atoms. The lowest BCUT2D eigenvalue weighted by Crippen LogP contribution is -2.41. The van der Waals surface area contributed by atoms with Crippen molar-refractivity contribution in [3.63, 3.8) is 0 Å². The summed E-state index contributed by atoms with van der Waals surface area (Å²) in [6, 6.07) is 14.4. The number of para-hydroxylation sites is 1. The van der Waals surface area contributed by atoms with Gasteiger partial charge in [-0.25, -0.2) is 14.4 Å². The minimum atomic E-state index is -0.369. The zero-order chi connectivity index (χ0) is 20.5. The number of rotatable bonds is 8. The average Bonchev–Trinajstić information content (AvgIpc) is 3.27. The average molecular weight is 396 g/mol. The summed E-state index contributed by atoms with van der Waals surface area (Å²) in [5.74, 6) is 1.26. The fourth-order valence-corrected chi connectivity index (χ4v) is 2.71. The van der Waals surface area contributed by atoms with Gasteiger partial charge >= 0.3 is 0 Å². The van der Waals surface area contributed by atoms with E-state index in [0.717, 1.165) is 23.5 Å². The van der Waals surface area contributed by atoms with Crippen LogP contribution in [-0.4, -0.2) is 40.3 Å². The van der Waals surface area contributed by atoms with Crippen molar-refractivity contribution >= 4 is 5.96 Å². The van der Waals surface area contributed by atoms with Crippen molar-refractivity contribution in [3.8, 4) is 17.1 Å². The Balaban J connectivity index is 1.58. The number of H-pyrrole nitrogens is 1. The Morgan fingerprint density at radius 1 is 1.21 bits per heavy atom. The SMILES string of the molecule is CCNC(=NCc1cccc(-c2ncn[nH]2)c1)NCC(C)Oc1ccccc1F. The maximum absolute atomic E-state index is 13.7. The van der Waals surface area contributed by atoms with Gasteiger partial charge in [0.25, 0.3) is 0 Å². The van der Waals surface area contributed by atoms with E-state index in [2.05, 4.69) is 30.8 Å². The highest BCUT2D eigenvalue weighted by atomic mass is 19.1. The number of halogens is 1. The molecule has 8 heteroatoms. The number of benzene rings is 2. The first-order valence-corrected chi connectivity index (χ1v) is 9.53. The molecule has 0 amide bonds. The van der Waals surface area contributed by atoms with E-state index in [1.807, 2.05) is 38.1 Å². The van der Waals surface area contributed by atoms with E-state index in [1.54, 1.807) is 18.2 Å². The highest BCUT2D eigenvalue weighted by Gasteiger charge is 2.09. The predicted molar refractivity (Wildman–Crippen MR) is 111 cm³/mol. The lowest BCUT2D eigenvalue weighted by atomic mass is 10.1. The molecule has 3 N–H and O–H groups in total. The van der Waals surface area contributed by atoms with Gasteiger partial charge in [-0.2, -0.15) is 5.10 Å². The quantitative estimate of drug-likeness (QED) is 0.402. The molecule has 0 saturated carbocycles. The molecule has 3 rings (SSSR count). The third-order valence-electron chi connectivity index (χ3n) is 4.10. The molecule has 0 fully saturated rings. The summed E-state index contributed by atoms with van der Waals surface area (Å²) in [7, 11) is 0. The minimum absolute atomic E-state index is 0.231. The molecule has 0 aliphatic heterocycles. The number of aliphatic imine (C=N–C) groups is 1. The Morgan fingerprint density at radius 3 is 2.83 bits per heavy atom. The third-order valence-corrected chi connectivity index (χ3v) is 4.10. The fraction of sp³-hybridized carbons (Fsp3) is 0.286. The van der Waals surface area contributed by atoms with Crippen LogP contribution in [0.15, 0.2) is 59.9 Å². The van der Waals surface area contributed by atoms with Crippen molar-refractivity contribution in [2.45, 2.75) is 26.5 Å². The number of guanidine groups is 1. The van der Waals surface area contributed by atoms with Crippen LogP contribution in [0.4, 0.5) is 4.39 Å². The topological polar surface area (TPSA) is 87.2 Å². The number of nitrogens with zero attached hydrogens (tertiary/aromatic N) is 3. The van der Waals surface area contributed by atoms with Crippen LogP contribution >= 0.6 is 0 Å². The summed E-state index contributed by atoms with van der Waals surface area (Å²) >= 11 is 0. The van der Waals surface area contributed by atoms with Gasteiger partial charge in [0.15, 0.2) is 23.4 Å². The Labute approximate surface area is 169 Å². The summed E-state index contributed by atoms with van der Waals surface area (Å²) in [6.45, 7) is 5.59. The maximum Gasteiger partial charge on any atom is 0.191 e. The molecule has 152 valence electrons. The number of aromatic nitrogens is 3. The van der Waals surface area contributed by atoms with E-state index in [4.69, 9.17) is 4.74 Å². The summed E-state index contributed by atoms with van der Waals surface area (Å²) in [5.41, 5.74) is 2.01. The molecular formula is C21H25FN6O. The molecule has 0 spiro atoms. The molecule has 0 aliphatic rings. The highest BCUT2D eigenvalue weighted by molar-refractivity contribution is 5.79. The van der Waals surface area contributed by atoms with Crippen molar-refractivity contribution < 1.29 is 9.13 Å². The maximum atomic E-state index is 13.7. The summed E-state index contributed by atoms with van der Waals surface area (Å²) in [6.07, 6.45) is 1.25. The Hall–Kier alpha value is -3.42. The van der Waals surface area contributed by atoms with Crippen LogP contribution in [-0.2, 0) is 6.54 Å². The lowest BCUT2D eigenvalue weighted by molar-refractivity contribution is 0.214. The van der Waals surface area contributed by atoms with Crippen LogP contribution in [0, 0.1) is 5.82 Å². The second kappa shape index (κ2) is 10.2. The van der Waals surface area contributed by atoms with Crippen LogP contribution < -0.4 is 15.4 Å². The van der Waals surface area contributed by atoms with Gasteiger partial charge < -0.3 is 15.4 Å². The van der Waals surface area contributed by atoms with E-state index in [9.17, 15) is 4.39 Å². The molecule has 2 aromatic carbocycles. The van der Waals surface area contributed by atoms with Crippen molar-refractivity contribution in [1.82, 2.24) is 25.8 Å². The first-order chi connectivity index (χ1) is 14.2. The second-order valence-electron chi connectivity index (χ2n) is 6.47. The number of ether oxygens (including phenoxy) is 1. The zero-order valence-corrected chi connectivity index (χ0v) is 16.5. The van der Waals surface area contributed by atoms with Gasteiger partial charge in [-0.05, 0) is 37.6 Å². The summed E-state index contributed by atoms with van der Waals surface area (Å²) < 4.78 is 19.4. The standard InChI is InChI=1S/C21H25FN6O/c1-3-23-21(24-12-15(2)29-19-10-5-4-9-18(19)22)25-13-16-7-6-8-17(11-16)20-26-14-27-28-20/h4-11,14-15H,3,12-13H2,1-2H3,(H2,23,24,25)(H,26,27,28). The highest BCUT2D eigenvalue weighted by Crippen LogP contribution is 2.17. The van der Waals surface area contributed by atoms with Gasteiger partial charge in [0.1, 0.15) is 12.4 Å². The molecular weight excluding hydrogens is 371 g/mol. The molecule has 0 radical (unpaired) electrons. The Bertz CT molecular complexity index is 928. The van der Waals surface area contributed by atoms with Crippen LogP contribution in [0.2, 0.25) is 0 Å². The van der Waals surface area contributed by atoms with Gasteiger partial charge in [-0.15, -0.1) is 0 Å². The van der Waals surface area contributed by atoms with Crippen LogP contribution in [0.25, 0.3) is 11.4 Å². The minimum Gasteiger partial charge on any atom is -0.486 e. The lowest BCUT2D eigenvalue weighted by Gasteiger charge is -2.18. The van der Waals surface area contributed by atoms with E-state index in [1.165, 1.54) is 12.4 Å². The van der Waals surface area contributed by atoms with Crippen molar-refractivity contribution in [2.24, 2.45) is 4.99 Å². The number of aromatic amines is 1.